The Kier molecular flexibility index (Phi) is 7.54. The summed E-state index contributed by atoms with van der Waals surface area (Å²) in [4.78, 5) is 44.9. The maximum absolute atomic E-state index is 14.5. The van der Waals surface area contributed by atoms with Gasteiger partial charge < -0.3 is 24.4 Å². The third-order valence-corrected chi connectivity index (χ3v) is 8.62. The molecule has 11 heteroatoms. The summed E-state index contributed by atoms with van der Waals surface area (Å²) >= 11 is 0. The fourth-order valence-electron chi connectivity index (χ4n) is 6.78. The highest BCUT2D eigenvalue weighted by molar-refractivity contribution is 5.98. The second-order valence-electron chi connectivity index (χ2n) is 11.2. The number of rotatable bonds is 12. The molecule has 1 spiro atoms. The number of aliphatic hydroxyl groups excluding tert-OH is 1. The number of carbonyl (C=O) groups is 3. The van der Waals surface area contributed by atoms with E-state index < -0.39 is 41.1 Å². The average molecular weight is 552 g/mol. The van der Waals surface area contributed by atoms with Crippen LogP contribution in [0.15, 0.2) is 49.6 Å². The van der Waals surface area contributed by atoms with E-state index in [1.54, 1.807) is 28.7 Å². The minimum absolute atomic E-state index is 0.0736. The third kappa shape index (κ3) is 4.32. The zero-order valence-electron chi connectivity index (χ0n) is 23.1. The van der Waals surface area contributed by atoms with Crippen LogP contribution in [-0.2, 0) is 30.5 Å². The zero-order chi connectivity index (χ0) is 28.7. The third-order valence-electron chi connectivity index (χ3n) is 8.62. The first-order valence-electron chi connectivity index (χ1n) is 13.8. The minimum Gasteiger partial charge on any atom is -0.465 e. The topological polar surface area (TPSA) is 127 Å². The van der Waals surface area contributed by atoms with E-state index in [0.717, 1.165) is 5.52 Å². The van der Waals surface area contributed by atoms with Crippen molar-refractivity contribution >= 4 is 28.8 Å². The van der Waals surface area contributed by atoms with Crippen LogP contribution in [0.2, 0.25) is 0 Å². The molecule has 1 N–H and O–H groups in total. The predicted molar refractivity (Wildman–Crippen MR) is 145 cm³/mol. The van der Waals surface area contributed by atoms with Gasteiger partial charge in [-0.2, -0.15) is 0 Å². The van der Waals surface area contributed by atoms with E-state index in [9.17, 15) is 19.5 Å². The molecule has 0 saturated carbocycles. The van der Waals surface area contributed by atoms with Gasteiger partial charge in [-0.1, -0.05) is 29.5 Å². The van der Waals surface area contributed by atoms with Crippen LogP contribution < -0.4 is 0 Å². The Bertz CT molecular complexity index is 1330. The van der Waals surface area contributed by atoms with Crippen molar-refractivity contribution in [2.24, 2.45) is 11.8 Å². The second-order valence-corrected chi connectivity index (χ2v) is 11.2. The lowest BCUT2D eigenvalue weighted by molar-refractivity contribution is -0.162. The lowest BCUT2D eigenvalue weighted by atomic mass is 9.66. The fourth-order valence-corrected chi connectivity index (χ4v) is 6.78. The quantitative estimate of drug-likeness (QED) is 0.241. The molecular weight excluding hydrogens is 514 g/mol. The van der Waals surface area contributed by atoms with Crippen LogP contribution in [0, 0.1) is 11.8 Å². The number of unbranched alkanes of at least 4 members (excludes halogenated alkanes) is 1. The van der Waals surface area contributed by atoms with Gasteiger partial charge in [-0.05, 0) is 51.7 Å². The molecule has 3 aliphatic rings. The van der Waals surface area contributed by atoms with E-state index in [1.807, 2.05) is 31.2 Å². The standard InChI is InChI=1S/C29H37N5O6/c1-5-7-10-16-39-27(38)23-22-25(36)34(19(3)17-35)24(29(22)14-13-28(23,4)40-29)26(37)32(15-6-2)18-33-21-12-9-8-11-20(21)30-31-33/h5-6,8-9,11-12,19,22-24,35H,1-2,7,10,13-18H2,3-4H3/t19-,22+,23+,24?,28-,29?/m1/s1. The molecule has 4 heterocycles. The summed E-state index contributed by atoms with van der Waals surface area (Å²) in [7, 11) is 0. The molecule has 40 heavy (non-hydrogen) atoms. The normalized spacial score (nSPS) is 29.4. The van der Waals surface area contributed by atoms with Gasteiger partial charge in [-0.15, -0.1) is 18.3 Å². The Morgan fingerprint density at radius 2 is 2.08 bits per heavy atom. The van der Waals surface area contributed by atoms with E-state index >= 15 is 0 Å². The largest absolute Gasteiger partial charge is 0.465 e. The van der Waals surface area contributed by atoms with Crippen molar-refractivity contribution in [3.05, 3.63) is 49.6 Å². The van der Waals surface area contributed by atoms with Crippen LogP contribution >= 0.6 is 0 Å². The van der Waals surface area contributed by atoms with Gasteiger partial charge in [0.1, 0.15) is 29.7 Å². The first-order chi connectivity index (χ1) is 19.2. The van der Waals surface area contributed by atoms with Crippen molar-refractivity contribution in [3.8, 4) is 0 Å². The van der Waals surface area contributed by atoms with Gasteiger partial charge in [0, 0.05) is 6.54 Å². The molecule has 2 bridgehead atoms. The number of aromatic nitrogens is 3. The van der Waals surface area contributed by atoms with E-state index in [4.69, 9.17) is 9.47 Å². The van der Waals surface area contributed by atoms with Gasteiger partial charge in [-0.3, -0.25) is 14.4 Å². The van der Waals surface area contributed by atoms with Crippen LogP contribution in [0.3, 0.4) is 0 Å². The van der Waals surface area contributed by atoms with Gasteiger partial charge in [0.05, 0.1) is 36.3 Å². The number of hydrogen-bond acceptors (Lipinski definition) is 8. The van der Waals surface area contributed by atoms with Gasteiger partial charge in [-0.25, -0.2) is 4.68 Å². The number of aliphatic hydroxyl groups is 1. The Labute approximate surface area is 233 Å². The summed E-state index contributed by atoms with van der Waals surface area (Å²) in [6.45, 7) is 11.2. The Morgan fingerprint density at radius 3 is 2.80 bits per heavy atom. The molecule has 214 valence electrons. The number of hydrogen-bond donors (Lipinski definition) is 1. The van der Waals surface area contributed by atoms with E-state index in [1.165, 1.54) is 4.90 Å². The molecule has 1 aromatic heterocycles. The van der Waals surface area contributed by atoms with Crippen LogP contribution in [0.4, 0.5) is 0 Å². The number of amides is 2. The van der Waals surface area contributed by atoms with Gasteiger partial charge in [0.2, 0.25) is 11.8 Å². The summed E-state index contributed by atoms with van der Waals surface area (Å²) in [5.41, 5.74) is -0.706. The first kappa shape index (κ1) is 28.0. The number of esters is 1. The van der Waals surface area contributed by atoms with Crippen molar-refractivity contribution in [2.75, 3.05) is 19.8 Å². The van der Waals surface area contributed by atoms with Crippen molar-refractivity contribution < 1.29 is 29.0 Å². The number of nitrogens with zero attached hydrogens (tertiary/aromatic N) is 5. The number of benzene rings is 1. The predicted octanol–water partition coefficient (Wildman–Crippen LogP) is 2.06. The highest BCUT2D eigenvalue weighted by Gasteiger charge is 2.78. The van der Waals surface area contributed by atoms with Crippen LogP contribution in [0.1, 0.15) is 39.5 Å². The molecule has 0 aliphatic carbocycles. The van der Waals surface area contributed by atoms with E-state index in [2.05, 4.69) is 23.5 Å². The first-order valence-corrected chi connectivity index (χ1v) is 13.8. The minimum atomic E-state index is -1.22. The molecule has 3 fully saturated rings. The summed E-state index contributed by atoms with van der Waals surface area (Å²) in [6.07, 6.45) is 5.64. The molecule has 2 unspecified atom stereocenters. The van der Waals surface area contributed by atoms with Crippen LogP contribution in [0.25, 0.3) is 11.0 Å². The molecule has 0 radical (unpaired) electrons. The molecule has 3 saturated heterocycles. The number of fused-ring (bicyclic) bond motifs is 2. The number of allylic oxidation sites excluding steroid dienone is 1. The smallest absolute Gasteiger partial charge is 0.312 e. The number of para-hydroxylation sites is 1. The maximum atomic E-state index is 14.5. The van der Waals surface area contributed by atoms with Gasteiger partial charge in [0.15, 0.2) is 0 Å². The van der Waals surface area contributed by atoms with Crippen LogP contribution in [-0.4, -0.2) is 90.7 Å². The number of carbonyl (C=O) groups excluding carboxylic acids is 3. The van der Waals surface area contributed by atoms with Crippen molar-refractivity contribution in [1.82, 2.24) is 24.8 Å². The number of likely N-dealkylation sites (tertiary alicyclic amines) is 1. The molecule has 3 aliphatic heterocycles. The Morgan fingerprint density at radius 1 is 1.30 bits per heavy atom. The van der Waals surface area contributed by atoms with Gasteiger partial charge >= 0.3 is 5.97 Å². The highest BCUT2D eigenvalue weighted by Crippen LogP contribution is 2.63. The molecule has 1 aromatic carbocycles. The Balaban J connectivity index is 1.50. The second kappa shape index (κ2) is 10.8. The highest BCUT2D eigenvalue weighted by atomic mass is 16.6. The summed E-state index contributed by atoms with van der Waals surface area (Å²) in [5.74, 6) is -2.97. The van der Waals surface area contributed by atoms with Crippen molar-refractivity contribution in [2.45, 2.75) is 69.5 Å². The molecular formula is C29H37N5O6. The average Bonchev–Trinajstić information content (AvgIpc) is 3.65. The van der Waals surface area contributed by atoms with Crippen molar-refractivity contribution in [1.29, 1.82) is 0 Å². The molecule has 2 amide bonds. The lowest BCUT2D eigenvalue weighted by Gasteiger charge is -2.38. The maximum Gasteiger partial charge on any atom is 0.312 e. The SMILES string of the molecule is C=CCCCOC(=O)[C@@H]1[C@H]2C(=O)N([C@H](C)CO)C(C(=O)N(CC=C)Cn3nnc4ccccc43)C23CC[C@@]1(C)O3. The fraction of sp³-hybridized carbons (Fsp3) is 0.552. The monoisotopic (exact) mass is 551 g/mol. The van der Waals surface area contributed by atoms with Crippen LogP contribution in [0.5, 0.6) is 0 Å². The summed E-state index contributed by atoms with van der Waals surface area (Å²) in [5, 5.41) is 18.5. The molecule has 11 nitrogen and oxygen atoms in total. The van der Waals surface area contributed by atoms with Gasteiger partial charge in [0.25, 0.3) is 0 Å². The van der Waals surface area contributed by atoms with Crippen molar-refractivity contribution in [3.63, 3.8) is 0 Å². The Hall–Kier alpha value is -3.57. The molecule has 2 aromatic rings. The molecule has 5 rings (SSSR count). The lowest BCUT2D eigenvalue weighted by Crippen LogP contribution is -2.58. The number of ether oxygens (including phenoxy) is 2. The van der Waals surface area contributed by atoms with E-state index in [0.29, 0.717) is 31.2 Å². The van der Waals surface area contributed by atoms with E-state index in [-0.39, 0.29) is 38.2 Å². The summed E-state index contributed by atoms with van der Waals surface area (Å²) < 4.78 is 13.9. The zero-order valence-corrected chi connectivity index (χ0v) is 23.1. The molecule has 6 atom stereocenters. The summed E-state index contributed by atoms with van der Waals surface area (Å²) in [6, 6.07) is 5.73.